The molecule has 1 heterocycles. The number of nitrogens with zero attached hydrogens (tertiary/aromatic N) is 1. The van der Waals surface area contributed by atoms with Crippen LogP contribution in [0.1, 0.15) is 5.56 Å². The fourth-order valence-corrected chi connectivity index (χ4v) is 0.739. The van der Waals surface area contributed by atoms with Gasteiger partial charge < -0.3 is 4.74 Å². The molecular weight excluding hydrogens is 126 g/mol. The monoisotopic (exact) mass is 136 g/mol. The van der Waals surface area contributed by atoms with E-state index in [9.17, 15) is 0 Å². The maximum absolute atomic E-state index is 4.68. The Hall–Kier alpha value is -0.890. The third-order valence-corrected chi connectivity index (χ3v) is 1.28. The molecule has 1 rings (SSSR count). The van der Waals surface area contributed by atoms with Crippen molar-refractivity contribution in [3.63, 3.8) is 0 Å². The Kier molecular flexibility index (Phi) is 2.90. The van der Waals surface area contributed by atoms with Crippen LogP contribution in [0.25, 0.3) is 0 Å². The summed E-state index contributed by atoms with van der Waals surface area (Å²) in [6.45, 7) is 0.671. The van der Waals surface area contributed by atoms with Crippen molar-refractivity contribution in [1.82, 2.24) is 4.98 Å². The van der Waals surface area contributed by atoms with E-state index >= 15 is 0 Å². The van der Waals surface area contributed by atoms with E-state index in [0.717, 1.165) is 6.42 Å². The van der Waals surface area contributed by atoms with E-state index in [2.05, 4.69) is 16.8 Å². The first-order valence-electron chi connectivity index (χ1n) is 3.19. The lowest BCUT2D eigenvalue weighted by molar-refractivity contribution is 0.246. The van der Waals surface area contributed by atoms with Crippen LogP contribution in [0.2, 0.25) is 0 Å². The maximum Gasteiger partial charge on any atom is 0.0700 e. The molecule has 0 aliphatic rings. The van der Waals surface area contributed by atoms with Gasteiger partial charge in [0.05, 0.1) is 13.7 Å². The molecule has 0 aliphatic carbocycles. The Morgan fingerprint density at radius 1 is 1.40 bits per heavy atom. The number of pyridine rings is 1. The van der Waals surface area contributed by atoms with Crippen molar-refractivity contribution in [2.24, 2.45) is 0 Å². The first-order chi connectivity index (χ1) is 4.93. The SMILES string of the molecule is [CH2]OCCc1ccncc1. The molecule has 0 fully saturated rings. The van der Waals surface area contributed by atoms with Crippen molar-refractivity contribution in [3.8, 4) is 0 Å². The molecule has 1 aromatic heterocycles. The van der Waals surface area contributed by atoms with Crippen LogP contribution in [-0.4, -0.2) is 11.6 Å². The highest BCUT2D eigenvalue weighted by atomic mass is 16.5. The van der Waals surface area contributed by atoms with E-state index in [4.69, 9.17) is 0 Å². The second-order valence-corrected chi connectivity index (χ2v) is 2.01. The molecular formula is C8H10NO. The zero-order valence-corrected chi connectivity index (χ0v) is 5.79. The molecule has 0 saturated heterocycles. The van der Waals surface area contributed by atoms with Gasteiger partial charge in [-0.05, 0) is 24.1 Å². The fraction of sp³-hybridized carbons (Fsp3) is 0.250. The van der Waals surface area contributed by atoms with E-state index in [1.165, 1.54) is 5.56 Å². The molecule has 0 atom stereocenters. The Morgan fingerprint density at radius 2 is 2.10 bits per heavy atom. The van der Waals surface area contributed by atoms with Crippen molar-refractivity contribution < 1.29 is 4.74 Å². The summed E-state index contributed by atoms with van der Waals surface area (Å²) in [5, 5.41) is 0. The topological polar surface area (TPSA) is 22.1 Å². The second kappa shape index (κ2) is 4.01. The molecule has 53 valence electrons. The summed E-state index contributed by atoms with van der Waals surface area (Å²) in [6.07, 6.45) is 4.46. The molecule has 0 aliphatic heterocycles. The van der Waals surface area contributed by atoms with Gasteiger partial charge in [-0.15, -0.1) is 0 Å². The standard InChI is InChI=1S/C8H10NO/c1-10-7-4-8-2-5-9-6-3-8/h2-3,5-6H,1,4,7H2. The molecule has 0 N–H and O–H groups in total. The van der Waals surface area contributed by atoms with Gasteiger partial charge in [0.1, 0.15) is 0 Å². The summed E-state index contributed by atoms with van der Waals surface area (Å²) >= 11 is 0. The van der Waals surface area contributed by atoms with Gasteiger partial charge in [-0.3, -0.25) is 4.98 Å². The van der Waals surface area contributed by atoms with Crippen molar-refractivity contribution in [1.29, 1.82) is 0 Å². The quantitative estimate of drug-likeness (QED) is 0.627. The van der Waals surface area contributed by atoms with Gasteiger partial charge in [-0.2, -0.15) is 0 Å². The van der Waals surface area contributed by atoms with Crippen LogP contribution in [0.4, 0.5) is 0 Å². The Morgan fingerprint density at radius 3 is 2.70 bits per heavy atom. The van der Waals surface area contributed by atoms with Gasteiger partial charge in [-0.25, -0.2) is 0 Å². The molecule has 1 radical (unpaired) electrons. The first kappa shape index (κ1) is 7.22. The summed E-state index contributed by atoms with van der Waals surface area (Å²) in [5.74, 6) is 0. The van der Waals surface area contributed by atoms with E-state index in [1.807, 2.05) is 12.1 Å². The molecule has 0 spiro atoms. The second-order valence-electron chi connectivity index (χ2n) is 2.01. The highest BCUT2D eigenvalue weighted by molar-refractivity contribution is 5.09. The average Bonchev–Trinajstić information content (AvgIpc) is 2.03. The normalized spacial score (nSPS) is 9.70. The van der Waals surface area contributed by atoms with Crippen LogP contribution in [0.3, 0.4) is 0 Å². The minimum absolute atomic E-state index is 0.671. The lowest BCUT2D eigenvalue weighted by atomic mass is 10.2. The highest BCUT2D eigenvalue weighted by Crippen LogP contribution is 1.96. The third-order valence-electron chi connectivity index (χ3n) is 1.28. The van der Waals surface area contributed by atoms with Gasteiger partial charge in [0, 0.05) is 12.4 Å². The number of aromatic nitrogens is 1. The smallest absolute Gasteiger partial charge is 0.0700 e. The van der Waals surface area contributed by atoms with Crippen LogP contribution >= 0.6 is 0 Å². The summed E-state index contributed by atoms with van der Waals surface area (Å²) in [7, 11) is 3.29. The zero-order valence-electron chi connectivity index (χ0n) is 5.79. The molecule has 0 unspecified atom stereocenters. The van der Waals surface area contributed by atoms with Crippen molar-refractivity contribution in [3.05, 3.63) is 37.2 Å². The predicted octanol–water partition coefficient (Wildman–Crippen LogP) is 1.43. The number of hydrogen-bond acceptors (Lipinski definition) is 2. The van der Waals surface area contributed by atoms with Gasteiger partial charge in [0.15, 0.2) is 0 Å². The lowest BCUT2D eigenvalue weighted by Gasteiger charge is -1.96. The molecule has 0 saturated carbocycles. The van der Waals surface area contributed by atoms with Crippen LogP contribution < -0.4 is 0 Å². The molecule has 10 heavy (non-hydrogen) atoms. The van der Waals surface area contributed by atoms with Crippen LogP contribution in [0.15, 0.2) is 24.5 Å². The molecule has 2 heteroatoms. The fourth-order valence-electron chi connectivity index (χ4n) is 0.739. The molecule has 0 amide bonds. The van der Waals surface area contributed by atoms with E-state index < -0.39 is 0 Å². The van der Waals surface area contributed by atoms with Crippen molar-refractivity contribution >= 4 is 0 Å². The van der Waals surface area contributed by atoms with E-state index in [0.29, 0.717) is 6.61 Å². The Bertz CT molecular complexity index is 174. The summed E-state index contributed by atoms with van der Waals surface area (Å²) < 4.78 is 4.68. The lowest BCUT2D eigenvalue weighted by Crippen LogP contribution is -1.92. The Balaban J connectivity index is 2.43. The van der Waals surface area contributed by atoms with Crippen LogP contribution in [-0.2, 0) is 11.2 Å². The number of hydrogen-bond donors (Lipinski definition) is 0. The average molecular weight is 136 g/mol. The summed E-state index contributed by atoms with van der Waals surface area (Å²) in [6, 6.07) is 3.94. The highest BCUT2D eigenvalue weighted by Gasteiger charge is 1.88. The molecule has 2 nitrogen and oxygen atoms in total. The molecule has 1 aromatic rings. The first-order valence-corrected chi connectivity index (χ1v) is 3.19. The van der Waals surface area contributed by atoms with Gasteiger partial charge >= 0.3 is 0 Å². The maximum atomic E-state index is 4.68. The number of rotatable bonds is 3. The third kappa shape index (κ3) is 2.15. The minimum Gasteiger partial charge on any atom is -0.379 e. The molecule has 0 aromatic carbocycles. The van der Waals surface area contributed by atoms with Crippen LogP contribution in [0, 0.1) is 7.11 Å². The Labute approximate surface area is 60.9 Å². The summed E-state index contributed by atoms with van der Waals surface area (Å²) in [4.78, 5) is 3.90. The largest absolute Gasteiger partial charge is 0.379 e. The van der Waals surface area contributed by atoms with Crippen molar-refractivity contribution in [2.45, 2.75) is 6.42 Å². The van der Waals surface area contributed by atoms with Gasteiger partial charge in [-0.1, -0.05) is 0 Å². The zero-order chi connectivity index (χ0) is 7.23. The van der Waals surface area contributed by atoms with Crippen molar-refractivity contribution in [2.75, 3.05) is 6.61 Å². The number of ether oxygens (including phenoxy) is 1. The van der Waals surface area contributed by atoms with Gasteiger partial charge in [0.25, 0.3) is 0 Å². The summed E-state index contributed by atoms with van der Waals surface area (Å²) in [5.41, 5.74) is 1.23. The van der Waals surface area contributed by atoms with Crippen LogP contribution in [0.5, 0.6) is 0 Å². The predicted molar refractivity (Wildman–Crippen MR) is 39.3 cm³/mol. The minimum atomic E-state index is 0.671. The molecule has 0 bridgehead atoms. The van der Waals surface area contributed by atoms with Gasteiger partial charge in [0.2, 0.25) is 0 Å². The van der Waals surface area contributed by atoms with E-state index in [-0.39, 0.29) is 0 Å². The van der Waals surface area contributed by atoms with E-state index in [1.54, 1.807) is 12.4 Å².